The van der Waals surface area contributed by atoms with Gasteiger partial charge in [0.25, 0.3) is 5.91 Å². The van der Waals surface area contributed by atoms with Gasteiger partial charge in [-0.1, -0.05) is 12.1 Å². The molecule has 176 valence electrons. The molecule has 33 heavy (non-hydrogen) atoms. The lowest BCUT2D eigenvalue weighted by Crippen LogP contribution is -2.48. The van der Waals surface area contributed by atoms with Crippen LogP contribution in [-0.2, 0) is 35.1 Å². The number of ketones is 1. The van der Waals surface area contributed by atoms with Crippen LogP contribution in [0.3, 0.4) is 0 Å². The van der Waals surface area contributed by atoms with Crippen molar-refractivity contribution in [2.75, 3.05) is 0 Å². The number of aromatic nitrogens is 1. The molecule has 2 rings (SSSR count). The van der Waals surface area contributed by atoms with Gasteiger partial charge in [-0.3, -0.25) is 14.4 Å². The van der Waals surface area contributed by atoms with Gasteiger partial charge in [-0.2, -0.15) is 4.79 Å². The molecule has 1 heterocycles. The van der Waals surface area contributed by atoms with Crippen LogP contribution in [0, 0.1) is 5.82 Å². The van der Waals surface area contributed by atoms with Crippen molar-refractivity contribution >= 4 is 40.7 Å². The van der Waals surface area contributed by atoms with Crippen molar-refractivity contribution in [3.05, 3.63) is 41.3 Å². The van der Waals surface area contributed by atoms with E-state index in [1.165, 1.54) is 18.3 Å². The van der Waals surface area contributed by atoms with E-state index in [1.54, 1.807) is 19.9 Å². The third-order valence-electron chi connectivity index (χ3n) is 4.59. The van der Waals surface area contributed by atoms with Crippen LogP contribution in [-0.4, -0.2) is 57.9 Å². The summed E-state index contributed by atoms with van der Waals surface area (Å²) in [5, 5.41) is 2.98. The molecule has 2 atom stereocenters. The molecule has 0 bridgehead atoms. The van der Waals surface area contributed by atoms with Crippen LogP contribution in [0.4, 0.5) is 4.39 Å². The number of esters is 2. The number of fused-ring (bicyclic) bond motifs is 1. The van der Waals surface area contributed by atoms with Crippen LogP contribution >= 0.6 is 0 Å². The molecular formula is C22H25FN4O6. The lowest BCUT2D eigenvalue weighted by molar-refractivity contribution is -0.156. The zero-order valence-corrected chi connectivity index (χ0v) is 18.5. The Balaban J connectivity index is 2.23. The Bertz CT molecular complexity index is 1090. The molecule has 1 aromatic carbocycles. The second-order valence-corrected chi connectivity index (χ2v) is 7.57. The number of nitrogens with zero attached hydrogens (tertiary/aromatic N) is 2. The van der Waals surface area contributed by atoms with Crippen molar-refractivity contribution in [1.82, 2.24) is 10.3 Å². The molecule has 0 aliphatic heterocycles. The van der Waals surface area contributed by atoms with Crippen molar-refractivity contribution in [1.29, 1.82) is 0 Å². The summed E-state index contributed by atoms with van der Waals surface area (Å²) in [4.78, 5) is 54.1. The lowest BCUT2D eigenvalue weighted by atomic mass is 10.0. The lowest BCUT2D eigenvalue weighted by Gasteiger charge is -2.22. The maximum Gasteiger partial charge on any atom is 0.328 e. The third-order valence-corrected chi connectivity index (χ3v) is 4.59. The first-order valence-corrected chi connectivity index (χ1v) is 10.2. The first kappa shape index (κ1) is 25.4. The molecule has 1 aromatic heterocycles. The summed E-state index contributed by atoms with van der Waals surface area (Å²) in [5.41, 5.74) is 9.24. The van der Waals surface area contributed by atoms with Crippen LogP contribution in [0.15, 0.2) is 24.4 Å². The number of benzene rings is 1. The molecule has 0 fully saturated rings. The highest BCUT2D eigenvalue weighted by Crippen LogP contribution is 2.22. The van der Waals surface area contributed by atoms with E-state index in [1.807, 2.05) is 0 Å². The minimum absolute atomic E-state index is 0.0864. The van der Waals surface area contributed by atoms with Crippen LogP contribution in [0.2, 0.25) is 0 Å². The maximum atomic E-state index is 14.0. The topological polar surface area (TPSA) is 151 Å². The van der Waals surface area contributed by atoms with E-state index in [0.717, 1.165) is 6.92 Å². The number of hydrogen-bond donors (Lipinski definition) is 2. The number of para-hydroxylation sites is 1. The van der Waals surface area contributed by atoms with Crippen molar-refractivity contribution in [3.63, 3.8) is 0 Å². The third kappa shape index (κ3) is 7.36. The molecule has 0 radical (unpaired) electrons. The Morgan fingerprint density at radius 2 is 1.97 bits per heavy atom. The van der Waals surface area contributed by atoms with Gasteiger partial charge in [0, 0.05) is 31.3 Å². The van der Waals surface area contributed by atoms with Gasteiger partial charge in [0.2, 0.25) is 5.78 Å². The van der Waals surface area contributed by atoms with Gasteiger partial charge in [0.1, 0.15) is 11.9 Å². The summed E-state index contributed by atoms with van der Waals surface area (Å²) in [6.07, 6.45) is -0.0306. The zero-order valence-electron chi connectivity index (χ0n) is 18.5. The van der Waals surface area contributed by atoms with Crippen LogP contribution < -0.4 is 5.32 Å². The number of aromatic amines is 1. The highest BCUT2D eigenvalue weighted by Gasteiger charge is 2.30. The first-order chi connectivity index (χ1) is 15.6. The second kappa shape index (κ2) is 11.7. The standard InChI is InChI=1S/C22H25FN4O6/c1-12(2)32-22(31)18(8-7-15(29)11-26-24)27-21(30)19(33-13(3)28)9-14-10-25-20-16(14)5-4-6-17(20)23/h4-6,10-12,18-19,25H,7-9H2,1-3H3,(H,27,30)/t18-,19-/m0/s1. The number of H-pyrrole nitrogens is 1. The molecule has 2 aromatic rings. The summed E-state index contributed by atoms with van der Waals surface area (Å²) < 4.78 is 24.3. The average Bonchev–Trinajstić information content (AvgIpc) is 3.14. The second-order valence-electron chi connectivity index (χ2n) is 7.57. The van der Waals surface area contributed by atoms with E-state index in [2.05, 4.69) is 15.1 Å². The Labute approximate surface area is 189 Å². The number of carbonyl (C=O) groups is 4. The molecule has 11 heteroatoms. The van der Waals surface area contributed by atoms with Crippen molar-refractivity contribution in [3.8, 4) is 0 Å². The van der Waals surface area contributed by atoms with E-state index < -0.39 is 47.7 Å². The van der Waals surface area contributed by atoms with Gasteiger partial charge < -0.3 is 25.3 Å². The first-order valence-electron chi connectivity index (χ1n) is 10.2. The molecule has 0 aliphatic rings. The van der Waals surface area contributed by atoms with Gasteiger partial charge in [-0.05, 0) is 31.9 Å². The van der Waals surface area contributed by atoms with Crippen molar-refractivity contribution in [2.24, 2.45) is 0 Å². The summed E-state index contributed by atoms with van der Waals surface area (Å²) in [7, 11) is 0. The van der Waals surface area contributed by atoms with Crippen LogP contribution in [0.5, 0.6) is 0 Å². The number of carbonyl (C=O) groups excluding carboxylic acids is 4. The van der Waals surface area contributed by atoms with E-state index in [0.29, 0.717) is 17.2 Å². The number of hydrogen-bond acceptors (Lipinski definition) is 6. The van der Waals surface area contributed by atoms with E-state index in [-0.39, 0.29) is 24.8 Å². The van der Waals surface area contributed by atoms with Crippen LogP contribution in [0.25, 0.3) is 16.4 Å². The zero-order chi connectivity index (χ0) is 24.5. The predicted molar refractivity (Wildman–Crippen MR) is 115 cm³/mol. The molecule has 2 N–H and O–H groups in total. The van der Waals surface area contributed by atoms with Gasteiger partial charge in [0.05, 0.1) is 11.6 Å². The molecule has 0 unspecified atom stereocenters. The molecular weight excluding hydrogens is 435 g/mol. The summed E-state index contributed by atoms with van der Waals surface area (Å²) >= 11 is 0. The normalized spacial score (nSPS) is 12.5. The summed E-state index contributed by atoms with van der Waals surface area (Å²) in [6, 6.07) is 3.24. The molecule has 0 spiro atoms. The summed E-state index contributed by atoms with van der Waals surface area (Å²) in [6.45, 7) is 4.38. The fraction of sp³-hybridized carbons (Fsp3) is 0.409. The van der Waals surface area contributed by atoms with Gasteiger partial charge in [0.15, 0.2) is 6.10 Å². The largest absolute Gasteiger partial charge is 0.461 e. The highest BCUT2D eigenvalue weighted by atomic mass is 19.1. The number of nitrogens with one attached hydrogen (secondary N) is 2. The Morgan fingerprint density at radius 3 is 2.61 bits per heavy atom. The minimum atomic E-state index is -1.33. The van der Waals surface area contributed by atoms with Crippen molar-refractivity contribution < 1.29 is 37.8 Å². The monoisotopic (exact) mass is 460 g/mol. The minimum Gasteiger partial charge on any atom is -0.461 e. The van der Waals surface area contributed by atoms with E-state index >= 15 is 0 Å². The molecule has 1 amide bonds. The van der Waals surface area contributed by atoms with Gasteiger partial charge in [-0.25, -0.2) is 9.18 Å². The number of Topliss-reactive ketones (excluding diaryl/α,β-unsaturated/α-hetero) is 1. The number of amides is 1. The van der Waals surface area contributed by atoms with E-state index in [9.17, 15) is 23.6 Å². The number of ether oxygens (including phenoxy) is 2. The Hall–Kier alpha value is -3.85. The van der Waals surface area contributed by atoms with Gasteiger partial charge >= 0.3 is 18.2 Å². The smallest absolute Gasteiger partial charge is 0.328 e. The van der Waals surface area contributed by atoms with E-state index in [4.69, 9.17) is 15.0 Å². The molecule has 0 saturated carbocycles. The Kier molecular flexibility index (Phi) is 8.99. The molecule has 0 saturated heterocycles. The molecule has 10 nitrogen and oxygen atoms in total. The Morgan fingerprint density at radius 1 is 1.24 bits per heavy atom. The fourth-order valence-corrected chi connectivity index (χ4v) is 3.18. The maximum absolute atomic E-state index is 14.0. The predicted octanol–water partition coefficient (Wildman–Crippen LogP) is 1.87. The highest BCUT2D eigenvalue weighted by molar-refractivity contribution is 6.25. The SMILES string of the molecule is CC(=O)O[C@@H](Cc1c[nH]c2c(F)cccc12)C(=O)N[C@@H](CCC(=O)C=[N+]=[N-])C(=O)OC(C)C. The fourth-order valence-electron chi connectivity index (χ4n) is 3.18. The quantitative estimate of drug-likeness (QED) is 0.226. The van der Waals surface area contributed by atoms with Crippen molar-refractivity contribution in [2.45, 2.75) is 58.3 Å². The average molecular weight is 460 g/mol. The molecule has 0 aliphatic carbocycles. The summed E-state index contributed by atoms with van der Waals surface area (Å²) in [5.74, 6) is -3.32. The van der Waals surface area contributed by atoms with Crippen LogP contribution in [0.1, 0.15) is 39.2 Å². The van der Waals surface area contributed by atoms with Gasteiger partial charge in [-0.15, -0.1) is 0 Å². The number of halogens is 1. The number of rotatable bonds is 11.